The van der Waals surface area contributed by atoms with Gasteiger partial charge >= 0.3 is 5.97 Å². The molecule has 0 aliphatic carbocycles. The Bertz CT molecular complexity index is 674. The first-order chi connectivity index (χ1) is 11.4. The number of hydrogen-bond donors (Lipinski definition) is 1. The van der Waals surface area contributed by atoms with Crippen LogP contribution in [0.15, 0.2) is 48.5 Å². The zero-order chi connectivity index (χ0) is 17.6. The van der Waals surface area contributed by atoms with Crippen LogP contribution in [0, 0.1) is 0 Å². The summed E-state index contributed by atoms with van der Waals surface area (Å²) in [4.78, 5) is 10.9. The molecule has 2 rings (SSSR count). The van der Waals surface area contributed by atoms with Crippen LogP contribution in [0.25, 0.3) is 0 Å². The van der Waals surface area contributed by atoms with E-state index < -0.39 is 5.97 Å². The summed E-state index contributed by atoms with van der Waals surface area (Å²) in [6, 6.07) is 14.6. The molecule has 2 aromatic rings. The highest BCUT2D eigenvalue weighted by atomic mass is 16.5. The molecule has 0 aliphatic rings. The maximum atomic E-state index is 10.9. The van der Waals surface area contributed by atoms with Gasteiger partial charge in [0.2, 0.25) is 0 Å². The number of aromatic carboxylic acids is 1. The summed E-state index contributed by atoms with van der Waals surface area (Å²) in [6.45, 7) is 7.38. The summed E-state index contributed by atoms with van der Waals surface area (Å²) >= 11 is 0. The standard InChI is InChI=1S/C20H24O4/c1-4-20(2,3)16-8-10-17(11-9-16)23-12-13-24-18-7-5-6-15(14-18)19(21)22/h5-11,14H,4,12-13H2,1-3H3,(H,21,22). The average Bonchev–Trinajstić information content (AvgIpc) is 2.59. The topological polar surface area (TPSA) is 55.8 Å². The van der Waals surface area contributed by atoms with E-state index in [4.69, 9.17) is 14.6 Å². The van der Waals surface area contributed by atoms with Crippen molar-refractivity contribution in [2.24, 2.45) is 0 Å². The van der Waals surface area contributed by atoms with E-state index in [1.807, 2.05) is 12.1 Å². The van der Waals surface area contributed by atoms with Gasteiger partial charge in [0, 0.05) is 0 Å². The molecule has 4 heteroatoms. The Hall–Kier alpha value is -2.49. The third kappa shape index (κ3) is 4.75. The first kappa shape index (κ1) is 17.9. The van der Waals surface area contributed by atoms with Crippen LogP contribution < -0.4 is 9.47 Å². The fourth-order valence-corrected chi connectivity index (χ4v) is 2.24. The van der Waals surface area contributed by atoms with Crippen LogP contribution in [0.5, 0.6) is 11.5 Å². The van der Waals surface area contributed by atoms with Crippen molar-refractivity contribution in [3.8, 4) is 11.5 Å². The van der Waals surface area contributed by atoms with Crippen LogP contribution >= 0.6 is 0 Å². The lowest BCUT2D eigenvalue weighted by molar-refractivity contribution is 0.0696. The van der Waals surface area contributed by atoms with E-state index in [-0.39, 0.29) is 11.0 Å². The van der Waals surface area contributed by atoms with Crippen LogP contribution in [0.2, 0.25) is 0 Å². The smallest absolute Gasteiger partial charge is 0.335 e. The van der Waals surface area contributed by atoms with Crippen molar-refractivity contribution < 1.29 is 19.4 Å². The van der Waals surface area contributed by atoms with Gasteiger partial charge in [0.05, 0.1) is 5.56 Å². The number of hydrogen-bond acceptors (Lipinski definition) is 3. The zero-order valence-electron chi connectivity index (χ0n) is 14.4. The highest BCUT2D eigenvalue weighted by Crippen LogP contribution is 2.28. The molecule has 0 spiro atoms. The van der Waals surface area contributed by atoms with E-state index in [0.717, 1.165) is 12.2 Å². The van der Waals surface area contributed by atoms with Gasteiger partial charge < -0.3 is 14.6 Å². The monoisotopic (exact) mass is 328 g/mol. The molecule has 0 heterocycles. The number of carbonyl (C=O) groups is 1. The molecule has 0 fully saturated rings. The van der Waals surface area contributed by atoms with Gasteiger partial charge in [0.15, 0.2) is 0 Å². The van der Waals surface area contributed by atoms with Crippen LogP contribution in [-0.2, 0) is 5.41 Å². The second kappa shape index (κ2) is 7.86. The van der Waals surface area contributed by atoms with Gasteiger partial charge in [-0.2, -0.15) is 0 Å². The predicted molar refractivity (Wildman–Crippen MR) is 94.2 cm³/mol. The summed E-state index contributed by atoms with van der Waals surface area (Å²) in [5.74, 6) is 0.360. The fraction of sp³-hybridized carbons (Fsp3) is 0.350. The molecule has 4 nitrogen and oxygen atoms in total. The Morgan fingerprint density at radius 3 is 2.21 bits per heavy atom. The molecule has 0 atom stereocenters. The molecule has 2 aromatic carbocycles. The molecule has 1 N–H and O–H groups in total. The largest absolute Gasteiger partial charge is 0.490 e. The third-order valence-corrected chi connectivity index (χ3v) is 4.22. The predicted octanol–water partition coefficient (Wildman–Crippen LogP) is 4.53. The SMILES string of the molecule is CCC(C)(C)c1ccc(OCCOc2cccc(C(=O)O)c2)cc1. The van der Waals surface area contributed by atoms with E-state index in [9.17, 15) is 4.79 Å². The minimum absolute atomic E-state index is 0.163. The molecule has 0 aliphatic heterocycles. The lowest BCUT2D eigenvalue weighted by Gasteiger charge is -2.23. The van der Waals surface area contributed by atoms with Crippen molar-refractivity contribution in [2.75, 3.05) is 13.2 Å². The molecule has 0 saturated heterocycles. The van der Waals surface area contributed by atoms with E-state index in [1.165, 1.54) is 17.7 Å². The van der Waals surface area contributed by atoms with E-state index >= 15 is 0 Å². The highest BCUT2D eigenvalue weighted by Gasteiger charge is 2.17. The average molecular weight is 328 g/mol. The molecule has 0 bridgehead atoms. The van der Waals surface area contributed by atoms with Gasteiger partial charge in [0.25, 0.3) is 0 Å². The van der Waals surface area contributed by atoms with Crippen molar-refractivity contribution in [1.82, 2.24) is 0 Å². The Balaban J connectivity index is 1.82. The molecule has 0 saturated carbocycles. The lowest BCUT2D eigenvalue weighted by atomic mass is 9.82. The molecular weight excluding hydrogens is 304 g/mol. The molecule has 0 amide bonds. The summed E-state index contributed by atoms with van der Waals surface area (Å²) in [7, 11) is 0. The fourth-order valence-electron chi connectivity index (χ4n) is 2.24. The normalized spacial score (nSPS) is 11.1. The zero-order valence-corrected chi connectivity index (χ0v) is 14.4. The maximum Gasteiger partial charge on any atom is 0.335 e. The van der Waals surface area contributed by atoms with Crippen molar-refractivity contribution in [3.05, 3.63) is 59.7 Å². The van der Waals surface area contributed by atoms with E-state index in [1.54, 1.807) is 12.1 Å². The Kier molecular flexibility index (Phi) is 5.85. The number of rotatable bonds is 8. The van der Waals surface area contributed by atoms with Gasteiger partial charge in [-0.25, -0.2) is 4.79 Å². The third-order valence-electron chi connectivity index (χ3n) is 4.22. The lowest BCUT2D eigenvalue weighted by Crippen LogP contribution is -2.15. The number of ether oxygens (including phenoxy) is 2. The van der Waals surface area contributed by atoms with Crippen LogP contribution in [-0.4, -0.2) is 24.3 Å². The highest BCUT2D eigenvalue weighted by molar-refractivity contribution is 5.87. The first-order valence-electron chi connectivity index (χ1n) is 8.12. The second-order valence-electron chi connectivity index (χ2n) is 6.29. The number of carboxylic acids is 1. The van der Waals surface area contributed by atoms with Crippen molar-refractivity contribution >= 4 is 5.97 Å². The Morgan fingerprint density at radius 2 is 1.62 bits per heavy atom. The summed E-state index contributed by atoms with van der Waals surface area (Å²) in [6.07, 6.45) is 1.08. The van der Waals surface area contributed by atoms with E-state index in [0.29, 0.717) is 19.0 Å². The summed E-state index contributed by atoms with van der Waals surface area (Å²) < 4.78 is 11.2. The van der Waals surface area contributed by atoms with Gasteiger partial charge in [0.1, 0.15) is 24.7 Å². The second-order valence-corrected chi connectivity index (χ2v) is 6.29. The summed E-state index contributed by atoms with van der Waals surface area (Å²) in [5.41, 5.74) is 1.67. The van der Waals surface area contributed by atoms with Gasteiger partial charge in [-0.05, 0) is 47.7 Å². The summed E-state index contributed by atoms with van der Waals surface area (Å²) in [5, 5.41) is 8.95. The molecule has 0 radical (unpaired) electrons. The minimum Gasteiger partial charge on any atom is -0.490 e. The van der Waals surface area contributed by atoms with Crippen LogP contribution in [0.3, 0.4) is 0 Å². The molecule has 24 heavy (non-hydrogen) atoms. The quantitative estimate of drug-likeness (QED) is 0.723. The Labute approximate surface area is 143 Å². The maximum absolute atomic E-state index is 10.9. The van der Waals surface area contributed by atoms with Crippen LogP contribution in [0.4, 0.5) is 0 Å². The van der Waals surface area contributed by atoms with Gasteiger partial charge in [-0.1, -0.05) is 39.0 Å². The number of benzene rings is 2. The molecule has 0 aromatic heterocycles. The van der Waals surface area contributed by atoms with Gasteiger partial charge in [-0.15, -0.1) is 0 Å². The number of carboxylic acid groups (broad SMARTS) is 1. The van der Waals surface area contributed by atoms with Crippen molar-refractivity contribution in [2.45, 2.75) is 32.6 Å². The van der Waals surface area contributed by atoms with Crippen molar-refractivity contribution in [3.63, 3.8) is 0 Å². The molecule has 128 valence electrons. The first-order valence-corrected chi connectivity index (χ1v) is 8.12. The van der Waals surface area contributed by atoms with Crippen LogP contribution in [0.1, 0.15) is 43.1 Å². The Morgan fingerprint density at radius 1 is 1.00 bits per heavy atom. The van der Waals surface area contributed by atoms with E-state index in [2.05, 4.69) is 32.9 Å². The van der Waals surface area contributed by atoms with Gasteiger partial charge in [-0.3, -0.25) is 0 Å². The molecular formula is C20H24O4. The van der Waals surface area contributed by atoms with Crippen molar-refractivity contribution in [1.29, 1.82) is 0 Å². The molecule has 0 unspecified atom stereocenters. The minimum atomic E-state index is -0.966.